The van der Waals surface area contributed by atoms with Crippen LogP contribution in [-0.4, -0.2) is 5.54 Å². The molecule has 1 saturated carbocycles. The normalized spacial score (nSPS) is 45.8. The molecule has 2 nitrogen and oxygen atoms in total. The molecule has 1 aliphatic carbocycles. The zero-order chi connectivity index (χ0) is 7.83. The van der Waals surface area contributed by atoms with Gasteiger partial charge in [0.05, 0.1) is 11.5 Å². The molecule has 0 aliphatic heterocycles. The summed E-state index contributed by atoms with van der Waals surface area (Å²) in [5.74, 6) is 0. The molecule has 2 N–H and O–H groups in total. The van der Waals surface area contributed by atoms with Gasteiger partial charge in [0.15, 0.2) is 0 Å². The molecule has 0 unspecified atom stereocenters. The third-order valence-corrected chi connectivity index (χ3v) is 2.40. The number of hydrogen-bond acceptors (Lipinski definition) is 2. The Hall–Kier alpha value is -0.550. The van der Waals surface area contributed by atoms with E-state index in [4.69, 9.17) is 11.0 Å². The van der Waals surface area contributed by atoms with Crippen LogP contribution in [0.2, 0.25) is 0 Å². The number of hydrogen-bond donors (Lipinski definition) is 1. The van der Waals surface area contributed by atoms with Gasteiger partial charge in [0, 0.05) is 5.54 Å². The summed E-state index contributed by atoms with van der Waals surface area (Å²) in [6.45, 7) is 4.07. The quantitative estimate of drug-likeness (QED) is 0.595. The van der Waals surface area contributed by atoms with Crippen molar-refractivity contribution in [2.24, 2.45) is 11.1 Å². The second-order valence-corrected chi connectivity index (χ2v) is 3.75. The van der Waals surface area contributed by atoms with Crippen LogP contribution >= 0.6 is 0 Å². The predicted molar refractivity (Wildman–Crippen MR) is 40.2 cm³/mol. The van der Waals surface area contributed by atoms with E-state index >= 15 is 0 Å². The van der Waals surface area contributed by atoms with Crippen molar-refractivity contribution in [2.75, 3.05) is 0 Å². The van der Waals surface area contributed by atoms with Gasteiger partial charge in [0.1, 0.15) is 0 Å². The van der Waals surface area contributed by atoms with E-state index in [-0.39, 0.29) is 11.0 Å². The summed E-state index contributed by atoms with van der Waals surface area (Å²) in [5.41, 5.74) is 5.65. The number of rotatable bonds is 1. The molecule has 0 amide bonds. The number of nitrogens with two attached hydrogens (primary N) is 1. The number of nitriles is 1. The van der Waals surface area contributed by atoms with Gasteiger partial charge in [-0.1, -0.05) is 6.92 Å². The lowest BCUT2D eigenvalue weighted by Crippen LogP contribution is -2.55. The molecule has 2 heteroatoms. The Morgan fingerprint density at radius 2 is 2.10 bits per heavy atom. The third kappa shape index (κ3) is 1.02. The Labute approximate surface area is 62.0 Å². The van der Waals surface area contributed by atoms with Crippen molar-refractivity contribution in [3.05, 3.63) is 0 Å². The van der Waals surface area contributed by atoms with Crippen molar-refractivity contribution in [3.63, 3.8) is 0 Å². The van der Waals surface area contributed by atoms with Crippen LogP contribution in [0, 0.1) is 16.7 Å². The lowest BCUT2D eigenvalue weighted by atomic mass is 9.58. The van der Waals surface area contributed by atoms with Gasteiger partial charge < -0.3 is 5.73 Å². The predicted octanol–water partition coefficient (Wildman–Crippen LogP) is 1.42. The maximum atomic E-state index is 8.76. The third-order valence-electron chi connectivity index (χ3n) is 2.40. The second-order valence-electron chi connectivity index (χ2n) is 3.75. The summed E-state index contributed by atoms with van der Waals surface area (Å²) in [5, 5.41) is 8.76. The van der Waals surface area contributed by atoms with Gasteiger partial charge >= 0.3 is 0 Å². The first kappa shape index (κ1) is 7.56. The van der Waals surface area contributed by atoms with Gasteiger partial charge in [-0.3, -0.25) is 0 Å². The van der Waals surface area contributed by atoms with Crippen LogP contribution < -0.4 is 5.73 Å². The summed E-state index contributed by atoms with van der Waals surface area (Å²) in [6, 6.07) is 2.34. The first-order valence-corrected chi connectivity index (χ1v) is 3.74. The monoisotopic (exact) mass is 138 g/mol. The first-order chi connectivity index (χ1) is 4.54. The molecule has 1 fully saturated rings. The van der Waals surface area contributed by atoms with E-state index in [1.807, 2.05) is 6.92 Å². The Balaban J connectivity index is 2.57. The largest absolute Gasteiger partial charge is 0.325 e. The molecular formula is C8H14N2. The molecule has 0 aromatic carbocycles. The van der Waals surface area contributed by atoms with Crippen LogP contribution in [0.5, 0.6) is 0 Å². The van der Waals surface area contributed by atoms with Gasteiger partial charge in [-0.15, -0.1) is 0 Å². The highest BCUT2D eigenvalue weighted by atomic mass is 14.8. The van der Waals surface area contributed by atoms with Crippen LogP contribution in [-0.2, 0) is 0 Å². The van der Waals surface area contributed by atoms with Crippen molar-refractivity contribution in [3.8, 4) is 6.07 Å². The fraction of sp³-hybridized carbons (Fsp3) is 0.875. The van der Waals surface area contributed by atoms with Crippen molar-refractivity contribution >= 4 is 0 Å². The van der Waals surface area contributed by atoms with E-state index in [9.17, 15) is 0 Å². The van der Waals surface area contributed by atoms with Crippen LogP contribution in [0.15, 0.2) is 0 Å². The van der Waals surface area contributed by atoms with Gasteiger partial charge in [-0.05, 0) is 26.2 Å². The lowest BCUT2D eigenvalue weighted by Gasteiger charge is -2.48. The molecule has 0 saturated heterocycles. The van der Waals surface area contributed by atoms with E-state index in [0.717, 1.165) is 19.3 Å². The summed E-state index contributed by atoms with van der Waals surface area (Å²) in [6.07, 6.45) is 2.68. The Bertz CT molecular complexity index is 168. The summed E-state index contributed by atoms with van der Waals surface area (Å²) < 4.78 is 0. The minimum Gasteiger partial charge on any atom is -0.325 e. The van der Waals surface area contributed by atoms with E-state index < -0.39 is 0 Å². The Kier molecular flexibility index (Phi) is 1.48. The van der Waals surface area contributed by atoms with Crippen molar-refractivity contribution in [2.45, 2.75) is 38.6 Å². The minimum atomic E-state index is -0.0799. The fourth-order valence-electron chi connectivity index (χ4n) is 1.90. The van der Waals surface area contributed by atoms with Crippen LogP contribution in [0.4, 0.5) is 0 Å². The summed E-state index contributed by atoms with van der Waals surface area (Å²) in [7, 11) is 0. The highest BCUT2D eigenvalue weighted by Gasteiger charge is 2.48. The molecule has 10 heavy (non-hydrogen) atoms. The molecular weight excluding hydrogens is 124 g/mol. The SMILES string of the molecule is CCC1(C#N)CC(C)(N)C1. The summed E-state index contributed by atoms with van der Waals surface area (Å²) >= 11 is 0. The van der Waals surface area contributed by atoms with E-state index in [1.165, 1.54) is 0 Å². The zero-order valence-electron chi connectivity index (χ0n) is 6.65. The molecule has 0 bridgehead atoms. The highest BCUT2D eigenvalue weighted by molar-refractivity contribution is 5.14. The van der Waals surface area contributed by atoms with Crippen molar-refractivity contribution in [1.82, 2.24) is 0 Å². The maximum Gasteiger partial charge on any atom is 0.0691 e. The lowest BCUT2D eigenvalue weighted by molar-refractivity contribution is 0.0924. The fourth-order valence-corrected chi connectivity index (χ4v) is 1.90. The molecule has 0 heterocycles. The van der Waals surface area contributed by atoms with Crippen LogP contribution in [0.25, 0.3) is 0 Å². The average Bonchev–Trinajstić information content (AvgIpc) is 1.82. The minimum absolute atomic E-state index is 0.0637. The Morgan fingerprint density at radius 3 is 2.20 bits per heavy atom. The molecule has 0 spiro atoms. The maximum absolute atomic E-state index is 8.76. The van der Waals surface area contributed by atoms with E-state index in [0.29, 0.717) is 0 Å². The van der Waals surface area contributed by atoms with Crippen molar-refractivity contribution < 1.29 is 0 Å². The molecule has 1 rings (SSSR count). The van der Waals surface area contributed by atoms with Crippen molar-refractivity contribution in [1.29, 1.82) is 5.26 Å². The molecule has 0 atom stereocenters. The molecule has 0 aromatic rings. The first-order valence-electron chi connectivity index (χ1n) is 3.74. The molecule has 56 valence electrons. The van der Waals surface area contributed by atoms with Gasteiger partial charge in [0.25, 0.3) is 0 Å². The molecule has 0 aromatic heterocycles. The molecule has 1 aliphatic rings. The van der Waals surface area contributed by atoms with E-state index in [1.54, 1.807) is 0 Å². The smallest absolute Gasteiger partial charge is 0.0691 e. The standard InChI is InChI=1S/C8H14N2/c1-3-8(6-9)4-7(2,10)5-8/h3-5,10H2,1-2H3. The van der Waals surface area contributed by atoms with Gasteiger partial charge in [-0.2, -0.15) is 5.26 Å². The Morgan fingerprint density at radius 1 is 1.60 bits per heavy atom. The zero-order valence-corrected chi connectivity index (χ0v) is 6.65. The van der Waals surface area contributed by atoms with E-state index in [2.05, 4.69) is 13.0 Å². The molecule has 0 radical (unpaired) electrons. The van der Waals surface area contributed by atoms with Crippen LogP contribution in [0.1, 0.15) is 33.1 Å². The van der Waals surface area contributed by atoms with Crippen LogP contribution in [0.3, 0.4) is 0 Å². The summed E-state index contributed by atoms with van der Waals surface area (Å²) in [4.78, 5) is 0. The van der Waals surface area contributed by atoms with Gasteiger partial charge in [0.2, 0.25) is 0 Å². The topological polar surface area (TPSA) is 49.8 Å². The average molecular weight is 138 g/mol. The highest BCUT2D eigenvalue weighted by Crippen LogP contribution is 2.48. The van der Waals surface area contributed by atoms with Gasteiger partial charge in [-0.25, -0.2) is 0 Å². The second kappa shape index (κ2) is 1.96. The number of nitrogens with zero attached hydrogens (tertiary/aromatic N) is 1.